The predicted octanol–water partition coefficient (Wildman–Crippen LogP) is 4.15. The van der Waals surface area contributed by atoms with Crippen LogP contribution in [0.5, 0.6) is 0 Å². The molecule has 1 saturated carbocycles. The van der Waals surface area contributed by atoms with Crippen molar-refractivity contribution in [2.75, 3.05) is 0 Å². The molecule has 3 atom stereocenters. The fraction of sp³-hybridized carbons (Fsp3) is 0.458. The van der Waals surface area contributed by atoms with Crippen molar-refractivity contribution in [2.24, 2.45) is 11.7 Å². The van der Waals surface area contributed by atoms with Gasteiger partial charge in [-0.3, -0.25) is 4.79 Å². The van der Waals surface area contributed by atoms with E-state index in [0.717, 1.165) is 38.6 Å². The molecule has 29 heavy (non-hydrogen) atoms. The highest BCUT2D eigenvalue weighted by Crippen LogP contribution is 2.36. The van der Waals surface area contributed by atoms with Crippen LogP contribution in [0.1, 0.15) is 44.1 Å². The molecule has 5 heteroatoms. The molecular formula is C24H31BN2O2. The second kappa shape index (κ2) is 10.1. The van der Waals surface area contributed by atoms with Crippen LogP contribution in [-0.2, 0) is 11.3 Å². The first-order valence-corrected chi connectivity index (χ1v) is 10.6. The van der Waals surface area contributed by atoms with E-state index in [2.05, 4.69) is 41.7 Å². The summed E-state index contributed by atoms with van der Waals surface area (Å²) in [6.07, 6.45) is 5.30. The van der Waals surface area contributed by atoms with Crippen LogP contribution < -0.4 is 11.1 Å². The van der Waals surface area contributed by atoms with Gasteiger partial charge in [0.2, 0.25) is 0 Å². The Hall–Kier alpha value is -2.11. The lowest BCUT2D eigenvalue weighted by molar-refractivity contribution is -0.146. The van der Waals surface area contributed by atoms with E-state index >= 15 is 0 Å². The third-order valence-electron chi connectivity index (χ3n) is 6.26. The van der Waals surface area contributed by atoms with Gasteiger partial charge in [0.05, 0.1) is 7.85 Å². The van der Waals surface area contributed by atoms with E-state index in [1.165, 1.54) is 16.7 Å². The SMILES string of the molecule is [B]CCCCC(N)(C(=O)O)[C@@H]1CC[C@H](NCc2ccc(-c3ccccc3)cc2)C1. The number of nitrogens with one attached hydrogen (secondary N) is 1. The Morgan fingerprint density at radius 3 is 2.41 bits per heavy atom. The van der Waals surface area contributed by atoms with Crippen LogP contribution in [0.2, 0.25) is 6.32 Å². The van der Waals surface area contributed by atoms with Crippen LogP contribution in [0.4, 0.5) is 0 Å². The zero-order valence-corrected chi connectivity index (χ0v) is 17.0. The zero-order valence-electron chi connectivity index (χ0n) is 17.0. The molecule has 0 bridgehead atoms. The van der Waals surface area contributed by atoms with Crippen molar-refractivity contribution >= 4 is 13.8 Å². The van der Waals surface area contributed by atoms with Crippen LogP contribution in [-0.4, -0.2) is 30.5 Å². The maximum Gasteiger partial charge on any atom is 0.323 e. The second-order valence-corrected chi connectivity index (χ2v) is 8.24. The monoisotopic (exact) mass is 390 g/mol. The summed E-state index contributed by atoms with van der Waals surface area (Å²) in [6.45, 7) is 0.782. The van der Waals surface area contributed by atoms with Crippen LogP contribution in [0, 0.1) is 5.92 Å². The van der Waals surface area contributed by atoms with Gasteiger partial charge < -0.3 is 16.2 Å². The number of carboxylic acid groups (broad SMARTS) is 1. The average Bonchev–Trinajstić information content (AvgIpc) is 3.23. The minimum Gasteiger partial charge on any atom is -0.480 e. The normalized spacial score (nSPS) is 21.0. The van der Waals surface area contributed by atoms with Crippen LogP contribution >= 0.6 is 0 Å². The fourth-order valence-corrected chi connectivity index (χ4v) is 4.39. The van der Waals surface area contributed by atoms with Crippen molar-refractivity contribution in [3.8, 4) is 11.1 Å². The van der Waals surface area contributed by atoms with Gasteiger partial charge in [-0.25, -0.2) is 0 Å². The van der Waals surface area contributed by atoms with E-state index in [-0.39, 0.29) is 5.92 Å². The number of hydrogen-bond acceptors (Lipinski definition) is 3. The van der Waals surface area contributed by atoms with Crippen molar-refractivity contribution in [3.63, 3.8) is 0 Å². The third kappa shape index (κ3) is 5.49. The molecule has 1 unspecified atom stereocenters. The summed E-state index contributed by atoms with van der Waals surface area (Å²) >= 11 is 0. The first kappa shape index (κ1) is 21.6. The molecule has 0 aromatic heterocycles. The standard InChI is InChI=1S/C24H31BN2O2/c25-15-5-4-14-24(26,23(28)29)21-12-13-22(16-21)27-17-18-8-10-20(11-9-18)19-6-2-1-3-7-19/h1-3,6-11,21-22,27H,4-5,12-17,26H2,(H,28,29)/t21-,22+,24?/m1/s1. The van der Waals surface area contributed by atoms with Gasteiger partial charge in [0.25, 0.3) is 0 Å². The smallest absolute Gasteiger partial charge is 0.323 e. The molecule has 1 fully saturated rings. The number of aliphatic carboxylic acids is 1. The summed E-state index contributed by atoms with van der Waals surface area (Å²) in [5, 5.41) is 13.3. The summed E-state index contributed by atoms with van der Waals surface area (Å²) in [5.74, 6) is -0.868. The highest BCUT2D eigenvalue weighted by atomic mass is 16.4. The molecule has 4 N–H and O–H groups in total. The van der Waals surface area contributed by atoms with E-state index in [1.54, 1.807) is 0 Å². The van der Waals surface area contributed by atoms with E-state index in [4.69, 9.17) is 13.6 Å². The average molecular weight is 390 g/mol. The first-order valence-electron chi connectivity index (χ1n) is 10.6. The van der Waals surface area contributed by atoms with Gasteiger partial charge in [0, 0.05) is 12.6 Å². The number of carbonyl (C=O) groups is 1. The first-order chi connectivity index (χ1) is 14.0. The van der Waals surface area contributed by atoms with Crippen molar-refractivity contribution in [3.05, 3.63) is 60.2 Å². The summed E-state index contributed by atoms with van der Waals surface area (Å²) in [4.78, 5) is 11.9. The van der Waals surface area contributed by atoms with E-state index < -0.39 is 11.5 Å². The van der Waals surface area contributed by atoms with Gasteiger partial charge in [-0.05, 0) is 48.3 Å². The fourth-order valence-electron chi connectivity index (χ4n) is 4.39. The minimum atomic E-state index is -1.14. The Kier molecular flexibility index (Phi) is 7.51. The number of unbranched alkanes of at least 4 members (excludes halogenated alkanes) is 1. The molecule has 2 aromatic carbocycles. The van der Waals surface area contributed by atoms with Crippen LogP contribution in [0.3, 0.4) is 0 Å². The highest BCUT2D eigenvalue weighted by Gasteiger charge is 2.44. The van der Waals surface area contributed by atoms with Gasteiger partial charge in [0.1, 0.15) is 5.54 Å². The van der Waals surface area contributed by atoms with Gasteiger partial charge in [-0.15, -0.1) is 0 Å². The number of benzene rings is 2. The topological polar surface area (TPSA) is 75.4 Å². The summed E-state index contributed by atoms with van der Waals surface area (Å²) < 4.78 is 0. The molecule has 0 aliphatic heterocycles. The Morgan fingerprint density at radius 1 is 1.07 bits per heavy atom. The van der Waals surface area contributed by atoms with E-state index in [1.807, 2.05) is 18.2 Å². The molecule has 152 valence electrons. The molecule has 2 aromatic rings. The molecule has 1 aliphatic rings. The Bertz CT molecular complexity index is 781. The molecule has 0 saturated heterocycles. The molecule has 3 rings (SSSR count). The minimum absolute atomic E-state index is 0.00994. The van der Waals surface area contributed by atoms with Gasteiger partial charge >= 0.3 is 5.97 Å². The molecule has 4 nitrogen and oxygen atoms in total. The largest absolute Gasteiger partial charge is 0.480 e. The maximum atomic E-state index is 11.9. The molecule has 1 aliphatic carbocycles. The van der Waals surface area contributed by atoms with E-state index in [0.29, 0.717) is 18.8 Å². The van der Waals surface area contributed by atoms with Crippen molar-refractivity contribution in [1.29, 1.82) is 0 Å². The summed E-state index contributed by atoms with van der Waals surface area (Å²) in [6, 6.07) is 19.3. The second-order valence-electron chi connectivity index (χ2n) is 8.24. The van der Waals surface area contributed by atoms with Gasteiger partial charge in [-0.1, -0.05) is 73.8 Å². The quantitative estimate of drug-likeness (QED) is 0.421. The Morgan fingerprint density at radius 2 is 1.76 bits per heavy atom. The van der Waals surface area contributed by atoms with Crippen molar-refractivity contribution < 1.29 is 9.90 Å². The number of rotatable bonds is 10. The third-order valence-corrected chi connectivity index (χ3v) is 6.26. The van der Waals surface area contributed by atoms with Crippen molar-refractivity contribution in [1.82, 2.24) is 5.32 Å². The van der Waals surface area contributed by atoms with Crippen molar-refractivity contribution in [2.45, 2.75) is 63.0 Å². The molecular weight excluding hydrogens is 359 g/mol. The highest BCUT2D eigenvalue weighted by molar-refractivity contribution is 6.08. The number of nitrogens with two attached hydrogens (primary N) is 1. The van der Waals surface area contributed by atoms with E-state index in [9.17, 15) is 9.90 Å². The van der Waals surface area contributed by atoms with Gasteiger partial charge in [0.15, 0.2) is 0 Å². The predicted molar refractivity (Wildman–Crippen MR) is 119 cm³/mol. The summed E-state index contributed by atoms with van der Waals surface area (Å²) in [7, 11) is 5.55. The van der Waals surface area contributed by atoms with Crippen LogP contribution in [0.25, 0.3) is 11.1 Å². The lowest BCUT2D eigenvalue weighted by Crippen LogP contribution is -2.53. The molecule has 0 spiro atoms. The number of hydrogen-bond donors (Lipinski definition) is 3. The molecule has 0 amide bonds. The van der Waals surface area contributed by atoms with Crippen LogP contribution in [0.15, 0.2) is 54.6 Å². The lowest BCUT2D eigenvalue weighted by atomic mass is 9.78. The maximum absolute atomic E-state index is 11.9. The Balaban J connectivity index is 1.52. The summed E-state index contributed by atoms with van der Waals surface area (Å²) in [5.41, 5.74) is 8.88. The molecule has 0 heterocycles. The zero-order chi connectivity index (χ0) is 20.7. The number of carboxylic acids is 1. The van der Waals surface area contributed by atoms with Gasteiger partial charge in [-0.2, -0.15) is 0 Å². The lowest BCUT2D eigenvalue weighted by Gasteiger charge is -2.31. The Labute approximate surface area is 175 Å². The molecule has 2 radical (unpaired) electrons.